The van der Waals surface area contributed by atoms with Crippen LogP contribution in [-0.4, -0.2) is 27.9 Å². The van der Waals surface area contributed by atoms with Gasteiger partial charge in [0.15, 0.2) is 6.10 Å². The van der Waals surface area contributed by atoms with E-state index in [0.29, 0.717) is 21.7 Å². The van der Waals surface area contributed by atoms with Crippen molar-refractivity contribution in [2.75, 3.05) is 5.32 Å². The Kier molecular flexibility index (Phi) is 6.14. The Hall–Kier alpha value is -4.11. The summed E-state index contributed by atoms with van der Waals surface area (Å²) in [6.07, 6.45) is -1.13. The van der Waals surface area contributed by atoms with Crippen LogP contribution in [0.1, 0.15) is 22.8 Å². The molecule has 4 aromatic rings. The quantitative estimate of drug-likeness (QED) is 0.235. The molecule has 9 heteroatoms. The van der Waals surface area contributed by atoms with Crippen molar-refractivity contribution in [1.82, 2.24) is 4.98 Å². The van der Waals surface area contributed by atoms with Gasteiger partial charge in [-0.1, -0.05) is 36.4 Å². The topological polar surface area (TPSA) is 111 Å². The number of ether oxygens (including phenoxy) is 1. The van der Waals surface area contributed by atoms with Crippen molar-refractivity contribution in [1.29, 1.82) is 0 Å². The van der Waals surface area contributed by atoms with Gasteiger partial charge >= 0.3 is 5.97 Å². The van der Waals surface area contributed by atoms with Crippen LogP contribution in [0.2, 0.25) is 0 Å². The van der Waals surface area contributed by atoms with Crippen molar-refractivity contribution in [2.45, 2.75) is 20.0 Å². The number of rotatable bonds is 6. The van der Waals surface area contributed by atoms with E-state index in [2.05, 4.69) is 10.3 Å². The molecule has 1 unspecified atom stereocenters. The molecule has 1 amide bonds. The number of anilines is 1. The van der Waals surface area contributed by atoms with Crippen LogP contribution in [-0.2, 0) is 9.53 Å². The van der Waals surface area contributed by atoms with Crippen LogP contribution >= 0.6 is 11.3 Å². The van der Waals surface area contributed by atoms with Crippen molar-refractivity contribution in [3.8, 4) is 10.6 Å². The Balaban J connectivity index is 1.52. The Labute approximate surface area is 193 Å². The van der Waals surface area contributed by atoms with Gasteiger partial charge in [0.25, 0.3) is 11.6 Å². The molecule has 0 saturated heterocycles. The predicted molar refractivity (Wildman–Crippen MR) is 126 cm³/mol. The molecule has 0 aliphatic rings. The smallest absolute Gasteiger partial charge is 0.339 e. The number of hydrogen-bond acceptors (Lipinski definition) is 7. The third-order valence-corrected chi connectivity index (χ3v) is 6.08. The summed E-state index contributed by atoms with van der Waals surface area (Å²) in [5.74, 6) is -1.26. The summed E-state index contributed by atoms with van der Waals surface area (Å²) in [7, 11) is 0. The average Bonchev–Trinajstić information content (AvgIpc) is 3.24. The van der Waals surface area contributed by atoms with E-state index in [0.717, 1.165) is 10.2 Å². The fourth-order valence-corrected chi connectivity index (χ4v) is 4.21. The highest BCUT2D eigenvalue weighted by molar-refractivity contribution is 7.21. The minimum atomic E-state index is -1.13. The van der Waals surface area contributed by atoms with Crippen molar-refractivity contribution in [2.24, 2.45) is 0 Å². The van der Waals surface area contributed by atoms with Crippen LogP contribution in [0, 0.1) is 17.0 Å². The summed E-state index contributed by atoms with van der Waals surface area (Å²) in [6, 6.07) is 18.8. The van der Waals surface area contributed by atoms with Crippen LogP contribution in [0.3, 0.4) is 0 Å². The van der Waals surface area contributed by atoms with Gasteiger partial charge in [0, 0.05) is 17.7 Å². The Morgan fingerprint density at radius 1 is 1.09 bits per heavy atom. The first-order valence-corrected chi connectivity index (χ1v) is 10.9. The molecule has 3 aromatic carbocycles. The van der Waals surface area contributed by atoms with Gasteiger partial charge in [0.05, 0.1) is 26.4 Å². The predicted octanol–water partition coefficient (Wildman–Crippen LogP) is 5.36. The molecule has 0 aliphatic carbocycles. The fraction of sp³-hybridized carbons (Fsp3) is 0.125. The van der Waals surface area contributed by atoms with Crippen molar-refractivity contribution in [3.63, 3.8) is 0 Å². The molecule has 1 N–H and O–H groups in total. The van der Waals surface area contributed by atoms with Crippen LogP contribution in [0.5, 0.6) is 0 Å². The number of aryl methyl sites for hydroxylation is 1. The van der Waals surface area contributed by atoms with E-state index in [-0.39, 0.29) is 11.4 Å². The second-order valence-corrected chi connectivity index (χ2v) is 8.36. The molecule has 0 spiro atoms. The molecular formula is C24H19N3O5S. The highest BCUT2D eigenvalue weighted by atomic mass is 32.1. The lowest BCUT2D eigenvalue weighted by Crippen LogP contribution is -2.30. The number of carbonyl (C=O) groups is 2. The minimum Gasteiger partial charge on any atom is -0.449 e. The highest BCUT2D eigenvalue weighted by Gasteiger charge is 2.23. The molecule has 4 rings (SSSR count). The molecular weight excluding hydrogens is 442 g/mol. The first kappa shape index (κ1) is 22.1. The number of amides is 1. The number of esters is 1. The number of non-ortho nitro benzene ring substituents is 1. The van der Waals surface area contributed by atoms with Gasteiger partial charge < -0.3 is 10.1 Å². The number of nitro groups is 1. The molecule has 0 saturated carbocycles. The SMILES string of the molecule is Cc1ccc([N+](=O)[O-])cc1NC(=O)C(C)OC(=O)c1ccccc1-c1nc2ccccc2s1. The number of thiazole rings is 1. The monoisotopic (exact) mass is 461 g/mol. The molecule has 1 heterocycles. The fourth-order valence-electron chi connectivity index (χ4n) is 3.21. The second kappa shape index (κ2) is 9.17. The zero-order valence-electron chi connectivity index (χ0n) is 17.8. The average molecular weight is 461 g/mol. The summed E-state index contributed by atoms with van der Waals surface area (Å²) in [5.41, 5.74) is 2.53. The lowest BCUT2D eigenvalue weighted by Gasteiger charge is -2.15. The number of hydrogen-bond donors (Lipinski definition) is 1. The summed E-state index contributed by atoms with van der Waals surface area (Å²) in [4.78, 5) is 40.6. The van der Waals surface area contributed by atoms with E-state index in [1.165, 1.54) is 30.4 Å². The normalized spacial score (nSPS) is 11.7. The van der Waals surface area contributed by atoms with Gasteiger partial charge in [-0.2, -0.15) is 0 Å². The van der Waals surface area contributed by atoms with Crippen LogP contribution in [0.25, 0.3) is 20.8 Å². The molecule has 1 atom stereocenters. The molecule has 0 bridgehead atoms. The van der Waals surface area contributed by atoms with Gasteiger partial charge in [-0.3, -0.25) is 14.9 Å². The number of aromatic nitrogens is 1. The molecule has 1 aromatic heterocycles. The maximum Gasteiger partial charge on any atom is 0.339 e. The molecule has 0 aliphatic heterocycles. The molecule has 0 radical (unpaired) electrons. The molecule has 33 heavy (non-hydrogen) atoms. The van der Waals surface area contributed by atoms with Gasteiger partial charge in [-0.25, -0.2) is 9.78 Å². The van der Waals surface area contributed by atoms with Gasteiger partial charge in [-0.15, -0.1) is 11.3 Å². The van der Waals surface area contributed by atoms with E-state index in [1.807, 2.05) is 24.3 Å². The second-order valence-electron chi connectivity index (χ2n) is 7.33. The lowest BCUT2D eigenvalue weighted by atomic mass is 10.1. The Morgan fingerprint density at radius 3 is 2.58 bits per heavy atom. The van der Waals surface area contributed by atoms with Crippen molar-refractivity contribution in [3.05, 3.63) is 88.0 Å². The number of nitro benzene ring substituents is 1. The number of benzene rings is 3. The van der Waals surface area contributed by atoms with E-state index in [4.69, 9.17) is 4.74 Å². The van der Waals surface area contributed by atoms with Gasteiger partial charge in [-0.05, 0) is 37.6 Å². The van der Waals surface area contributed by atoms with E-state index < -0.39 is 22.9 Å². The first-order valence-electron chi connectivity index (χ1n) is 10.1. The summed E-state index contributed by atoms with van der Waals surface area (Å²) < 4.78 is 6.41. The number of carbonyl (C=O) groups excluding carboxylic acids is 2. The number of para-hydroxylation sites is 1. The lowest BCUT2D eigenvalue weighted by molar-refractivity contribution is -0.384. The number of nitrogens with zero attached hydrogens (tertiary/aromatic N) is 2. The summed E-state index contributed by atoms with van der Waals surface area (Å²) in [6.45, 7) is 3.16. The maximum atomic E-state index is 12.9. The summed E-state index contributed by atoms with van der Waals surface area (Å²) in [5, 5.41) is 14.3. The third-order valence-electron chi connectivity index (χ3n) is 5.01. The molecule has 0 fully saturated rings. The summed E-state index contributed by atoms with van der Waals surface area (Å²) >= 11 is 1.46. The van der Waals surface area contributed by atoms with Crippen molar-refractivity contribution >= 4 is 44.8 Å². The van der Waals surface area contributed by atoms with Crippen LogP contribution in [0.4, 0.5) is 11.4 Å². The minimum absolute atomic E-state index is 0.148. The molecule has 8 nitrogen and oxygen atoms in total. The Morgan fingerprint density at radius 2 is 1.82 bits per heavy atom. The van der Waals surface area contributed by atoms with E-state index >= 15 is 0 Å². The third kappa shape index (κ3) is 4.73. The molecule has 166 valence electrons. The van der Waals surface area contributed by atoms with E-state index in [1.54, 1.807) is 37.3 Å². The maximum absolute atomic E-state index is 12.9. The van der Waals surface area contributed by atoms with Crippen molar-refractivity contribution < 1.29 is 19.2 Å². The zero-order chi connectivity index (χ0) is 23.5. The highest BCUT2D eigenvalue weighted by Crippen LogP contribution is 2.32. The largest absolute Gasteiger partial charge is 0.449 e. The van der Waals surface area contributed by atoms with Gasteiger partial charge in [0.2, 0.25) is 0 Å². The first-order chi connectivity index (χ1) is 15.8. The standard InChI is InChI=1S/C24H19N3O5S/c1-14-11-12-16(27(30)31)13-20(14)25-22(28)15(2)32-24(29)18-8-4-3-7-17(18)23-26-19-9-5-6-10-21(19)33-23/h3-13,15H,1-2H3,(H,25,28). The van der Waals surface area contributed by atoms with Crippen LogP contribution in [0.15, 0.2) is 66.7 Å². The van der Waals surface area contributed by atoms with E-state index in [9.17, 15) is 19.7 Å². The van der Waals surface area contributed by atoms with Gasteiger partial charge in [0.1, 0.15) is 5.01 Å². The number of fused-ring (bicyclic) bond motifs is 1. The Bertz CT molecular complexity index is 1350. The zero-order valence-corrected chi connectivity index (χ0v) is 18.6. The number of nitrogens with one attached hydrogen (secondary N) is 1. The van der Waals surface area contributed by atoms with Crippen LogP contribution < -0.4 is 5.32 Å².